The Balaban J connectivity index is 1.29. The predicted molar refractivity (Wildman–Crippen MR) is 97.5 cm³/mol. The lowest BCUT2D eigenvalue weighted by Crippen LogP contribution is -2.12. The number of benzene rings is 1. The first-order chi connectivity index (χ1) is 12.8. The molecule has 1 saturated carbocycles. The van der Waals surface area contributed by atoms with Gasteiger partial charge in [0.1, 0.15) is 0 Å². The molecule has 5 rings (SSSR count). The van der Waals surface area contributed by atoms with Crippen LogP contribution in [0.25, 0.3) is 0 Å². The average Bonchev–Trinajstić information content (AvgIpc) is 3.26. The van der Waals surface area contributed by atoms with E-state index >= 15 is 0 Å². The first-order valence-electron chi connectivity index (χ1n) is 8.94. The van der Waals surface area contributed by atoms with Crippen molar-refractivity contribution < 1.29 is 9.21 Å². The van der Waals surface area contributed by atoms with Gasteiger partial charge in [0, 0.05) is 10.8 Å². The van der Waals surface area contributed by atoms with E-state index in [9.17, 15) is 4.79 Å². The van der Waals surface area contributed by atoms with Crippen molar-refractivity contribution in [2.75, 3.05) is 5.32 Å². The van der Waals surface area contributed by atoms with Gasteiger partial charge in [-0.1, -0.05) is 30.3 Å². The molecule has 2 aromatic heterocycles. The van der Waals surface area contributed by atoms with E-state index in [1.165, 1.54) is 10.4 Å². The van der Waals surface area contributed by atoms with Crippen molar-refractivity contribution in [2.45, 2.75) is 43.9 Å². The monoisotopic (exact) mass is 366 g/mol. The van der Waals surface area contributed by atoms with Crippen LogP contribution in [-0.2, 0) is 12.8 Å². The number of nitrogens with zero attached hydrogens (tertiary/aromatic N) is 3. The molecule has 6 nitrogen and oxygen atoms in total. The third kappa shape index (κ3) is 3.03. The number of aromatic nitrogens is 3. The Kier molecular flexibility index (Phi) is 3.81. The number of aryl methyl sites for hydroxylation is 1. The van der Waals surface area contributed by atoms with E-state index in [0.717, 1.165) is 37.8 Å². The molecule has 2 heterocycles. The van der Waals surface area contributed by atoms with Crippen molar-refractivity contribution in [3.63, 3.8) is 0 Å². The maximum Gasteiger partial charge on any atom is 0.314 e. The lowest BCUT2D eigenvalue weighted by molar-refractivity contribution is 0.0988. The third-order valence-electron chi connectivity index (χ3n) is 4.99. The van der Waals surface area contributed by atoms with Crippen molar-refractivity contribution in [1.82, 2.24) is 15.2 Å². The summed E-state index contributed by atoms with van der Waals surface area (Å²) in [5.41, 5.74) is 2.47. The highest BCUT2D eigenvalue weighted by atomic mass is 32.1. The SMILES string of the molecule is O=C(Nc1nc2c(s1)CC(c1ccccc1)CC2)c1nnc(C2CC2)o1. The Bertz CT molecular complexity index is 946. The van der Waals surface area contributed by atoms with Gasteiger partial charge in [-0.15, -0.1) is 21.5 Å². The highest BCUT2D eigenvalue weighted by molar-refractivity contribution is 7.15. The second-order valence-electron chi connectivity index (χ2n) is 6.91. The zero-order valence-electron chi connectivity index (χ0n) is 14.1. The van der Waals surface area contributed by atoms with E-state index in [4.69, 9.17) is 4.42 Å². The molecule has 2 aliphatic carbocycles. The molecule has 0 bridgehead atoms. The van der Waals surface area contributed by atoms with E-state index < -0.39 is 0 Å². The predicted octanol–water partition coefficient (Wildman–Crippen LogP) is 3.93. The molecule has 1 amide bonds. The number of rotatable bonds is 4. The number of nitrogens with one attached hydrogen (secondary N) is 1. The molecular formula is C19H18N4O2S. The van der Waals surface area contributed by atoms with Crippen molar-refractivity contribution >= 4 is 22.4 Å². The minimum absolute atomic E-state index is 0.0160. The first kappa shape index (κ1) is 15.7. The number of hydrogen-bond acceptors (Lipinski definition) is 6. The fraction of sp³-hybridized carbons (Fsp3) is 0.368. The summed E-state index contributed by atoms with van der Waals surface area (Å²) < 4.78 is 5.46. The maximum atomic E-state index is 12.3. The third-order valence-corrected chi connectivity index (χ3v) is 6.03. The summed E-state index contributed by atoms with van der Waals surface area (Å²) in [6, 6.07) is 10.6. The van der Waals surface area contributed by atoms with Crippen LogP contribution in [0.15, 0.2) is 34.7 Å². The lowest BCUT2D eigenvalue weighted by Gasteiger charge is -2.21. The van der Waals surface area contributed by atoms with Crippen LogP contribution in [0.3, 0.4) is 0 Å². The Morgan fingerprint density at radius 2 is 1.96 bits per heavy atom. The molecule has 0 aliphatic heterocycles. The molecule has 7 heteroatoms. The molecule has 1 fully saturated rings. The molecule has 26 heavy (non-hydrogen) atoms. The molecule has 1 N–H and O–H groups in total. The largest absolute Gasteiger partial charge is 0.417 e. The van der Waals surface area contributed by atoms with Gasteiger partial charge in [-0.2, -0.15) is 0 Å². The molecule has 0 radical (unpaired) electrons. The highest BCUT2D eigenvalue weighted by Gasteiger charge is 2.31. The molecule has 0 saturated heterocycles. The van der Waals surface area contributed by atoms with E-state index in [0.29, 0.717) is 22.9 Å². The summed E-state index contributed by atoms with van der Waals surface area (Å²) >= 11 is 1.55. The van der Waals surface area contributed by atoms with Crippen LogP contribution >= 0.6 is 11.3 Å². The summed E-state index contributed by atoms with van der Waals surface area (Å²) in [4.78, 5) is 18.2. The van der Waals surface area contributed by atoms with Gasteiger partial charge >= 0.3 is 11.8 Å². The van der Waals surface area contributed by atoms with E-state index in [2.05, 4.69) is 44.8 Å². The van der Waals surface area contributed by atoms with Gasteiger partial charge in [-0.3, -0.25) is 10.1 Å². The van der Waals surface area contributed by atoms with Crippen molar-refractivity contribution in [3.8, 4) is 0 Å². The van der Waals surface area contributed by atoms with Crippen LogP contribution in [0.4, 0.5) is 5.13 Å². The lowest BCUT2D eigenvalue weighted by atomic mass is 9.85. The molecule has 1 aromatic carbocycles. The smallest absolute Gasteiger partial charge is 0.314 e. The van der Waals surface area contributed by atoms with Gasteiger partial charge < -0.3 is 4.42 Å². The number of thiazole rings is 1. The van der Waals surface area contributed by atoms with Gasteiger partial charge in [0.05, 0.1) is 5.69 Å². The molecule has 3 aromatic rings. The summed E-state index contributed by atoms with van der Waals surface area (Å²) in [5, 5.41) is 11.2. The second kappa shape index (κ2) is 6.32. The molecule has 1 unspecified atom stereocenters. The molecular weight excluding hydrogens is 348 g/mol. The normalized spacial score (nSPS) is 19.2. The quantitative estimate of drug-likeness (QED) is 0.757. The fourth-order valence-electron chi connectivity index (χ4n) is 3.41. The first-order valence-corrected chi connectivity index (χ1v) is 9.76. The Morgan fingerprint density at radius 3 is 2.77 bits per heavy atom. The van der Waals surface area contributed by atoms with Crippen molar-refractivity contribution in [3.05, 3.63) is 58.2 Å². The number of hydrogen-bond donors (Lipinski definition) is 1. The number of fused-ring (bicyclic) bond motifs is 1. The summed E-state index contributed by atoms with van der Waals surface area (Å²) in [6.07, 6.45) is 5.12. The molecule has 132 valence electrons. The van der Waals surface area contributed by atoms with Crippen LogP contribution in [0.5, 0.6) is 0 Å². The zero-order valence-corrected chi connectivity index (χ0v) is 15.0. The second-order valence-corrected chi connectivity index (χ2v) is 8.00. The van der Waals surface area contributed by atoms with Crippen LogP contribution in [0.2, 0.25) is 0 Å². The number of carbonyl (C=O) groups excluding carboxylic acids is 1. The van der Waals surface area contributed by atoms with Crippen LogP contribution in [-0.4, -0.2) is 21.1 Å². The summed E-state index contributed by atoms with van der Waals surface area (Å²) in [5.74, 6) is 1.06. The molecule has 1 atom stereocenters. The number of anilines is 1. The highest BCUT2D eigenvalue weighted by Crippen LogP contribution is 2.39. The Labute approximate surface area is 154 Å². The van der Waals surface area contributed by atoms with Gasteiger partial charge in [0.25, 0.3) is 0 Å². The molecule has 0 spiro atoms. The zero-order chi connectivity index (χ0) is 17.5. The number of amides is 1. The fourth-order valence-corrected chi connectivity index (χ4v) is 4.49. The van der Waals surface area contributed by atoms with Crippen molar-refractivity contribution in [1.29, 1.82) is 0 Å². The topological polar surface area (TPSA) is 80.9 Å². The van der Waals surface area contributed by atoms with Crippen molar-refractivity contribution in [2.24, 2.45) is 0 Å². The Morgan fingerprint density at radius 1 is 1.12 bits per heavy atom. The van der Waals surface area contributed by atoms with E-state index in [1.807, 2.05) is 6.07 Å². The minimum Gasteiger partial charge on any atom is -0.417 e. The van der Waals surface area contributed by atoms with Gasteiger partial charge in [-0.05, 0) is 43.6 Å². The number of carbonyl (C=O) groups is 1. The van der Waals surface area contributed by atoms with Crippen LogP contribution in [0.1, 0.15) is 63.8 Å². The van der Waals surface area contributed by atoms with Gasteiger partial charge in [0.15, 0.2) is 5.13 Å². The Hall–Kier alpha value is -2.54. The van der Waals surface area contributed by atoms with Crippen LogP contribution in [0, 0.1) is 0 Å². The van der Waals surface area contributed by atoms with E-state index in [-0.39, 0.29) is 11.8 Å². The van der Waals surface area contributed by atoms with Gasteiger partial charge in [0.2, 0.25) is 5.89 Å². The van der Waals surface area contributed by atoms with Crippen LogP contribution < -0.4 is 5.32 Å². The van der Waals surface area contributed by atoms with Gasteiger partial charge in [-0.25, -0.2) is 4.98 Å². The van der Waals surface area contributed by atoms with E-state index in [1.54, 1.807) is 11.3 Å². The summed E-state index contributed by atoms with van der Waals surface area (Å²) in [7, 11) is 0. The standard InChI is InChI=1S/C19H18N4O2S/c24-16(18-23-22-17(25-18)12-6-7-12)21-19-20-14-9-8-13(10-15(14)26-19)11-4-2-1-3-5-11/h1-5,12-13H,6-10H2,(H,20,21,24). The minimum atomic E-state index is -0.380. The summed E-state index contributed by atoms with van der Waals surface area (Å²) in [6.45, 7) is 0. The average molecular weight is 366 g/mol. The molecule has 2 aliphatic rings. The maximum absolute atomic E-state index is 12.3.